The van der Waals surface area contributed by atoms with Gasteiger partial charge in [0, 0.05) is 40.3 Å². The van der Waals surface area contributed by atoms with Crippen molar-refractivity contribution in [2.75, 3.05) is 31.5 Å². The number of alkyl halides is 3. The largest absolute Gasteiger partial charge is 0.542 e. The molecule has 4 heterocycles. The van der Waals surface area contributed by atoms with Gasteiger partial charge in [-0.05, 0) is 30.2 Å². The van der Waals surface area contributed by atoms with Crippen LogP contribution in [0.2, 0.25) is 0 Å². The summed E-state index contributed by atoms with van der Waals surface area (Å²) in [4.78, 5) is 36.7. The fraction of sp³-hybridized carbons (Fsp3) is 0.387. The molecule has 3 saturated heterocycles. The molecule has 2 bridgehead atoms. The number of quaternary nitrogens is 1. The minimum absolute atomic E-state index is 0.157. The Morgan fingerprint density at radius 1 is 1.05 bits per heavy atom. The van der Waals surface area contributed by atoms with Crippen LogP contribution in [0.15, 0.2) is 72.1 Å². The highest BCUT2D eigenvalue weighted by atomic mass is 32.1. The van der Waals surface area contributed by atoms with Crippen LogP contribution >= 0.6 is 11.3 Å². The number of hydrogen-bond acceptors (Lipinski definition) is 7. The first-order valence-corrected chi connectivity index (χ1v) is 14.7. The number of anilines is 1. The van der Waals surface area contributed by atoms with Crippen LogP contribution in [0.5, 0.6) is 0 Å². The summed E-state index contributed by atoms with van der Waals surface area (Å²) in [6.07, 6.45) is -2.40. The zero-order chi connectivity index (χ0) is 30.3. The average molecular weight is 603 g/mol. The molecule has 42 heavy (non-hydrogen) atoms. The Kier molecular flexibility index (Phi) is 10.1. The van der Waals surface area contributed by atoms with E-state index in [2.05, 4.69) is 12.2 Å². The SMILES string of the molecule is CCc1cc(C(=O)C[N+]23CCC(CC2)[C@@H](OC(=O)[C@H](Nc2ccccc2)c2ccccc2)C3)cs1.O=C([O-])C(F)(F)F. The van der Waals surface area contributed by atoms with Crippen LogP contribution in [-0.4, -0.2) is 60.7 Å². The van der Waals surface area contributed by atoms with Crippen LogP contribution in [0, 0.1) is 5.92 Å². The first-order valence-electron chi connectivity index (χ1n) is 13.8. The predicted molar refractivity (Wildman–Crippen MR) is 151 cm³/mol. The number of ether oxygens (including phenoxy) is 1. The fourth-order valence-electron chi connectivity index (χ4n) is 5.53. The summed E-state index contributed by atoms with van der Waals surface area (Å²) in [7, 11) is 0. The smallest absolute Gasteiger partial charge is 0.430 e. The molecule has 3 aromatic rings. The number of Topliss-reactive ketones (excluding diaryl/α,β-unsaturated/α-hetero) is 1. The quantitative estimate of drug-likeness (QED) is 0.215. The van der Waals surface area contributed by atoms with E-state index in [-0.39, 0.29) is 17.9 Å². The van der Waals surface area contributed by atoms with E-state index in [0.717, 1.165) is 60.2 Å². The lowest BCUT2D eigenvalue weighted by Gasteiger charge is -2.51. The third kappa shape index (κ3) is 7.98. The third-order valence-corrected chi connectivity index (χ3v) is 8.88. The van der Waals surface area contributed by atoms with Crippen LogP contribution in [-0.2, 0) is 20.7 Å². The van der Waals surface area contributed by atoms with Crippen molar-refractivity contribution in [3.63, 3.8) is 0 Å². The highest BCUT2D eigenvalue weighted by molar-refractivity contribution is 7.10. The summed E-state index contributed by atoms with van der Waals surface area (Å²) >= 11 is 1.66. The van der Waals surface area contributed by atoms with Crippen LogP contribution in [0.3, 0.4) is 0 Å². The van der Waals surface area contributed by atoms with E-state index in [1.807, 2.05) is 72.1 Å². The van der Waals surface area contributed by atoms with Crippen molar-refractivity contribution in [3.8, 4) is 0 Å². The molecule has 7 nitrogen and oxygen atoms in total. The van der Waals surface area contributed by atoms with Gasteiger partial charge in [0.1, 0.15) is 19.1 Å². The molecule has 11 heteroatoms. The van der Waals surface area contributed by atoms with Crippen LogP contribution < -0.4 is 10.4 Å². The third-order valence-electron chi connectivity index (χ3n) is 7.80. The lowest BCUT2D eigenvalue weighted by molar-refractivity contribution is -0.938. The summed E-state index contributed by atoms with van der Waals surface area (Å²) in [5.41, 5.74) is 2.59. The normalized spacial score (nSPS) is 21.9. The Morgan fingerprint density at radius 3 is 2.19 bits per heavy atom. The first kappa shape index (κ1) is 31.2. The van der Waals surface area contributed by atoms with Crippen LogP contribution in [0.1, 0.15) is 46.6 Å². The van der Waals surface area contributed by atoms with E-state index in [4.69, 9.17) is 14.6 Å². The van der Waals surface area contributed by atoms with Crippen molar-refractivity contribution >= 4 is 34.7 Å². The summed E-state index contributed by atoms with van der Waals surface area (Å²) in [5.74, 6) is -2.68. The number of benzene rings is 2. The molecular weight excluding hydrogens is 569 g/mol. The zero-order valence-corrected chi connectivity index (χ0v) is 24.0. The second-order valence-electron chi connectivity index (χ2n) is 10.7. The van der Waals surface area contributed by atoms with Gasteiger partial charge in [0.2, 0.25) is 5.78 Å². The topological polar surface area (TPSA) is 95.5 Å². The molecule has 0 unspecified atom stereocenters. The Balaban J connectivity index is 0.000000517. The van der Waals surface area contributed by atoms with Crippen molar-refractivity contribution in [2.24, 2.45) is 5.92 Å². The number of rotatable bonds is 9. The van der Waals surface area contributed by atoms with E-state index in [9.17, 15) is 22.8 Å². The van der Waals surface area contributed by atoms with E-state index in [1.165, 1.54) is 4.88 Å². The summed E-state index contributed by atoms with van der Waals surface area (Å²) in [6.45, 7) is 5.30. The molecule has 1 N–H and O–H groups in total. The van der Waals surface area contributed by atoms with E-state index >= 15 is 0 Å². The van der Waals surface area contributed by atoms with Gasteiger partial charge in [-0.3, -0.25) is 4.79 Å². The lowest BCUT2D eigenvalue weighted by atomic mass is 9.82. The monoisotopic (exact) mass is 602 g/mol. The molecule has 2 aromatic carbocycles. The highest BCUT2D eigenvalue weighted by Gasteiger charge is 2.49. The first-order chi connectivity index (χ1) is 20.0. The maximum atomic E-state index is 13.5. The van der Waals surface area contributed by atoms with Crippen molar-refractivity contribution in [1.82, 2.24) is 0 Å². The number of fused-ring (bicyclic) bond motifs is 3. The molecule has 224 valence electrons. The highest BCUT2D eigenvalue weighted by Crippen LogP contribution is 2.37. The van der Waals surface area contributed by atoms with Gasteiger partial charge in [-0.15, -0.1) is 11.3 Å². The molecule has 6 rings (SSSR count). The van der Waals surface area contributed by atoms with Crippen LogP contribution in [0.25, 0.3) is 0 Å². The summed E-state index contributed by atoms with van der Waals surface area (Å²) in [5, 5.41) is 14.1. The number of halogens is 3. The van der Waals surface area contributed by atoms with Crippen molar-refractivity contribution in [3.05, 3.63) is 88.1 Å². The lowest BCUT2D eigenvalue weighted by Crippen LogP contribution is -2.65. The molecule has 2 atom stereocenters. The Hall–Kier alpha value is -3.70. The number of thiophene rings is 1. The minimum atomic E-state index is -5.19. The number of nitrogens with zero attached hydrogens (tertiary/aromatic N) is 1. The number of piperidine rings is 3. The van der Waals surface area contributed by atoms with Crippen molar-refractivity contribution in [2.45, 2.75) is 44.5 Å². The number of aryl methyl sites for hydroxylation is 1. The minimum Gasteiger partial charge on any atom is -0.542 e. The Bertz CT molecular complexity index is 1360. The zero-order valence-electron chi connectivity index (χ0n) is 23.1. The molecule has 0 aliphatic carbocycles. The number of esters is 1. The van der Waals surface area contributed by atoms with Gasteiger partial charge < -0.3 is 24.4 Å². The summed E-state index contributed by atoms with van der Waals surface area (Å²) < 4.78 is 38.5. The molecule has 1 aromatic heterocycles. The van der Waals surface area contributed by atoms with Crippen LogP contribution in [0.4, 0.5) is 18.9 Å². The van der Waals surface area contributed by atoms with Gasteiger partial charge in [0.25, 0.3) is 0 Å². The second kappa shape index (κ2) is 13.5. The van der Waals surface area contributed by atoms with Gasteiger partial charge in [0.15, 0.2) is 12.1 Å². The maximum absolute atomic E-state index is 13.5. The number of carboxylic acids is 1. The molecule has 3 fully saturated rings. The van der Waals surface area contributed by atoms with Gasteiger partial charge in [-0.1, -0.05) is 55.5 Å². The number of ketones is 1. The Morgan fingerprint density at radius 2 is 1.64 bits per heavy atom. The number of para-hydroxylation sites is 1. The maximum Gasteiger partial charge on any atom is 0.430 e. The molecule has 0 saturated carbocycles. The van der Waals surface area contributed by atoms with E-state index < -0.39 is 18.2 Å². The second-order valence-corrected chi connectivity index (χ2v) is 11.7. The van der Waals surface area contributed by atoms with Crippen molar-refractivity contribution < 1.29 is 41.9 Å². The van der Waals surface area contributed by atoms with E-state index in [0.29, 0.717) is 12.5 Å². The van der Waals surface area contributed by atoms with Gasteiger partial charge in [0.05, 0.1) is 13.1 Å². The number of carboxylic acid groups (broad SMARTS) is 1. The molecule has 3 aliphatic heterocycles. The van der Waals surface area contributed by atoms with E-state index in [1.54, 1.807) is 11.3 Å². The summed E-state index contributed by atoms with van der Waals surface area (Å²) in [6, 6.07) is 21.0. The van der Waals surface area contributed by atoms with Gasteiger partial charge >= 0.3 is 12.1 Å². The number of hydrogen-bond donors (Lipinski definition) is 1. The molecule has 0 amide bonds. The molecule has 0 radical (unpaired) electrons. The van der Waals surface area contributed by atoms with Gasteiger partial charge in [-0.25, -0.2) is 4.79 Å². The number of carbonyl (C=O) groups excluding carboxylic acids is 3. The van der Waals surface area contributed by atoms with Gasteiger partial charge in [-0.2, -0.15) is 13.2 Å². The van der Waals surface area contributed by atoms with Crippen molar-refractivity contribution in [1.29, 1.82) is 0 Å². The molecule has 0 spiro atoms. The Labute approximate surface area is 246 Å². The molecular formula is C31H33F3N2O5S. The fourth-order valence-corrected chi connectivity index (χ4v) is 6.37. The molecule has 3 aliphatic rings. The standard InChI is InChI=1S/C29H33N2O3S.C2HF3O2/c1-2-25-17-23(20-35-25)26(32)18-31-15-13-21(14-16-31)27(19-31)34-29(33)28(22-9-5-3-6-10-22)30-24-11-7-4-8-12-24;3-2(4,5)1(6)7/h3-12,17,20-21,27-28,30H,2,13-16,18-19H2,1H3;(H,6,7)/q+1;/p-1/t21?,27-,28+,31?;/m0./s1. The number of aliphatic carboxylic acids is 1. The number of nitrogens with one attached hydrogen (secondary N) is 1. The predicted octanol–water partition coefficient (Wildman–Crippen LogP) is 4.80. The number of carbonyl (C=O) groups is 3. The average Bonchev–Trinajstić information content (AvgIpc) is 3.47.